The molecule has 3 rings (SSSR count). The molecule has 2 N–H and O–H groups in total. The zero-order valence-corrected chi connectivity index (χ0v) is 13.7. The molecule has 0 saturated carbocycles. The average Bonchev–Trinajstić information content (AvgIpc) is 2.48. The van der Waals surface area contributed by atoms with E-state index in [1.54, 1.807) is 0 Å². The molecule has 20 heavy (non-hydrogen) atoms. The first-order valence-electron chi connectivity index (χ1n) is 8.40. The van der Waals surface area contributed by atoms with Crippen LogP contribution >= 0.6 is 11.8 Å². The fourth-order valence-corrected chi connectivity index (χ4v) is 5.53. The van der Waals surface area contributed by atoms with Crippen LogP contribution in [-0.4, -0.2) is 53.8 Å². The molecule has 0 bridgehead atoms. The lowest BCUT2D eigenvalue weighted by atomic mass is 9.82. The molecule has 3 atom stereocenters. The zero-order valence-electron chi connectivity index (χ0n) is 12.9. The molecular weight excluding hydrogens is 268 g/mol. The number of rotatable bonds is 2. The van der Waals surface area contributed by atoms with Crippen molar-refractivity contribution in [2.24, 2.45) is 11.7 Å². The summed E-state index contributed by atoms with van der Waals surface area (Å²) in [4.78, 5) is 2.77. The minimum absolute atomic E-state index is 0.212. The van der Waals surface area contributed by atoms with Gasteiger partial charge in [-0.15, -0.1) is 0 Å². The van der Waals surface area contributed by atoms with Gasteiger partial charge in [-0.2, -0.15) is 11.8 Å². The Bertz CT molecular complexity index is 314. The van der Waals surface area contributed by atoms with Crippen LogP contribution in [-0.2, 0) is 4.74 Å². The summed E-state index contributed by atoms with van der Waals surface area (Å²) >= 11 is 2.09. The van der Waals surface area contributed by atoms with Crippen LogP contribution in [0.2, 0.25) is 0 Å². The molecule has 0 aromatic heterocycles. The van der Waals surface area contributed by atoms with E-state index < -0.39 is 0 Å². The standard InChI is InChI=1S/C16H30N2OS/c1-13-2-3-14(11-17)12-18(13)15-4-7-19-16(10-15)5-8-20-9-6-16/h13-15H,2-12,17H2,1H3. The lowest BCUT2D eigenvalue weighted by Gasteiger charge is -2.50. The van der Waals surface area contributed by atoms with Gasteiger partial charge in [-0.25, -0.2) is 0 Å². The van der Waals surface area contributed by atoms with E-state index in [9.17, 15) is 0 Å². The third kappa shape index (κ3) is 3.18. The predicted molar refractivity (Wildman–Crippen MR) is 86.2 cm³/mol. The Kier molecular flexibility index (Phi) is 4.96. The monoisotopic (exact) mass is 298 g/mol. The summed E-state index contributed by atoms with van der Waals surface area (Å²) in [6.45, 7) is 5.44. The van der Waals surface area contributed by atoms with Gasteiger partial charge in [0.05, 0.1) is 5.60 Å². The van der Waals surface area contributed by atoms with E-state index >= 15 is 0 Å². The lowest BCUT2D eigenvalue weighted by molar-refractivity contribution is -0.119. The number of piperidine rings is 1. The highest BCUT2D eigenvalue weighted by Gasteiger charge is 2.42. The van der Waals surface area contributed by atoms with E-state index in [-0.39, 0.29) is 5.60 Å². The zero-order chi connectivity index (χ0) is 14.0. The molecule has 3 heterocycles. The summed E-state index contributed by atoms with van der Waals surface area (Å²) in [5.74, 6) is 3.29. The molecule has 4 heteroatoms. The molecule has 3 fully saturated rings. The van der Waals surface area contributed by atoms with Crippen LogP contribution < -0.4 is 5.73 Å². The van der Waals surface area contributed by atoms with Gasteiger partial charge in [0.1, 0.15) is 0 Å². The van der Waals surface area contributed by atoms with E-state index in [1.807, 2.05) is 0 Å². The van der Waals surface area contributed by atoms with Gasteiger partial charge in [-0.1, -0.05) is 0 Å². The molecule has 3 nitrogen and oxygen atoms in total. The van der Waals surface area contributed by atoms with Crippen molar-refractivity contribution in [1.29, 1.82) is 0 Å². The van der Waals surface area contributed by atoms with Crippen LogP contribution in [0.25, 0.3) is 0 Å². The summed E-state index contributed by atoms with van der Waals surface area (Å²) in [6.07, 6.45) is 7.64. The van der Waals surface area contributed by atoms with Crippen LogP contribution in [0.1, 0.15) is 45.4 Å². The number of nitrogens with two attached hydrogens (primary N) is 1. The third-order valence-electron chi connectivity index (χ3n) is 5.70. The first-order chi connectivity index (χ1) is 9.72. The lowest BCUT2D eigenvalue weighted by Crippen LogP contribution is -2.55. The molecule has 3 aliphatic heterocycles. The summed E-state index contributed by atoms with van der Waals surface area (Å²) in [7, 11) is 0. The van der Waals surface area contributed by atoms with Crippen molar-refractivity contribution < 1.29 is 4.74 Å². The first-order valence-corrected chi connectivity index (χ1v) is 9.55. The van der Waals surface area contributed by atoms with E-state index in [4.69, 9.17) is 10.5 Å². The maximum atomic E-state index is 6.25. The first kappa shape index (κ1) is 15.1. The van der Waals surface area contributed by atoms with E-state index in [0.717, 1.165) is 25.2 Å². The van der Waals surface area contributed by atoms with Gasteiger partial charge in [0.25, 0.3) is 0 Å². The Balaban J connectivity index is 1.66. The summed E-state index contributed by atoms with van der Waals surface area (Å²) in [6, 6.07) is 1.46. The van der Waals surface area contributed by atoms with Crippen molar-refractivity contribution in [1.82, 2.24) is 4.90 Å². The predicted octanol–water partition coefficient (Wildman–Crippen LogP) is 2.49. The Labute approximate surface area is 128 Å². The molecule has 0 radical (unpaired) electrons. The SMILES string of the molecule is CC1CCC(CN)CN1C1CCOC2(CCSCC2)C1. The van der Waals surface area contributed by atoms with Crippen LogP contribution in [0.3, 0.4) is 0 Å². The minimum atomic E-state index is 0.212. The summed E-state index contributed by atoms with van der Waals surface area (Å²) in [5, 5.41) is 0. The molecule has 0 aliphatic carbocycles. The van der Waals surface area contributed by atoms with Gasteiger partial charge in [0, 0.05) is 25.2 Å². The number of hydrogen-bond donors (Lipinski definition) is 1. The molecule has 116 valence electrons. The number of thioether (sulfide) groups is 1. The second kappa shape index (κ2) is 6.55. The summed E-state index contributed by atoms with van der Waals surface area (Å²) < 4.78 is 6.25. The van der Waals surface area contributed by atoms with Crippen molar-refractivity contribution in [3.8, 4) is 0 Å². The Morgan fingerprint density at radius 2 is 2.05 bits per heavy atom. The second-order valence-electron chi connectivity index (χ2n) is 7.02. The summed E-state index contributed by atoms with van der Waals surface area (Å²) in [5.41, 5.74) is 6.13. The highest BCUT2D eigenvalue weighted by atomic mass is 32.2. The molecule has 3 unspecified atom stereocenters. The third-order valence-corrected chi connectivity index (χ3v) is 6.69. The van der Waals surface area contributed by atoms with Crippen molar-refractivity contribution in [2.45, 2.75) is 63.1 Å². The van der Waals surface area contributed by atoms with Gasteiger partial charge in [-0.3, -0.25) is 4.90 Å². The van der Waals surface area contributed by atoms with Gasteiger partial charge in [0.2, 0.25) is 0 Å². The fourth-order valence-electron chi connectivity index (χ4n) is 4.29. The normalized spacial score (nSPS) is 39.0. The molecule has 3 saturated heterocycles. The van der Waals surface area contributed by atoms with Gasteiger partial charge in [0.15, 0.2) is 0 Å². The fraction of sp³-hybridized carbons (Fsp3) is 1.00. The smallest absolute Gasteiger partial charge is 0.0713 e. The number of nitrogens with zero attached hydrogens (tertiary/aromatic N) is 1. The minimum Gasteiger partial charge on any atom is -0.375 e. The van der Waals surface area contributed by atoms with Crippen molar-refractivity contribution >= 4 is 11.8 Å². The topological polar surface area (TPSA) is 38.5 Å². The molecule has 0 aromatic rings. The van der Waals surface area contributed by atoms with Gasteiger partial charge < -0.3 is 10.5 Å². The molecule has 3 aliphatic rings. The van der Waals surface area contributed by atoms with Crippen LogP contribution in [0.15, 0.2) is 0 Å². The average molecular weight is 298 g/mol. The van der Waals surface area contributed by atoms with Gasteiger partial charge in [-0.05, 0) is 69.4 Å². The molecule has 0 amide bonds. The van der Waals surface area contributed by atoms with Crippen LogP contribution in [0.5, 0.6) is 0 Å². The highest BCUT2D eigenvalue weighted by Crippen LogP contribution is 2.40. The number of ether oxygens (including phenoxy) is 1. The molecule has 1 spiro atoms. The van der Waals surface area contributed by atoms with Crippen LogP contribution in [0, 0.1) is 5.92 Å². The highest BCUT2D eigenvalue weighted by molar-refractivity contribution is 7.99. The molecule has 0 aromatic carbocycles. The number of hydrogen-bond acceptors (Lipinski definition) is 4. The second-order valence-corrected chi connectivity index (χ2v) is 8.24. The Morgan fingerprint density at radius 1 is 1.25 bits per heavy atom. The van der Waals surface area contributed by atoms with Crippen molar-refractivity contribution in [3.63, 3.8) is 0 Å². The largest absolute Gasteiger partial charge is 0.375 e. The van der Waals surface area contributed by atoms with E-state index in [2.05, 4.69) is 23.6 Å². The maximum absolute atomic E-state index is 6.25. The van der Waals surface area contributed by atoms with E-state index in [0.29, 0.717) is 5.92 Å². The van der Waals surface area contributed by atoms with Crippen molar-refractivity contribution in [2.75, 3.05) is 31.2 Å². The Morgan fingerprint density at radius 3 is 2.80 bits per heavy atom. The van der Waals surface area contributed by atoms with Gasteiger partial charge >= 0.3 is 0 Å². The van der Waals surface area contributed by atoms with E-state index in [1.165, 1.54) is 56.6 Å². The maximum Gasteiger partial charge on any atom is 0.0713 e. The number of likely N-dealkylation sites (tertiary alicyclic amines) is 1. The molecular formula is C16H30N2OS. The Hall–Kier alpha value is 0.230. The van der Waals surface area contributed by atoms with Crippen molar-refractivity contribution in [3.05, 3.63) is 0 Å². The quantitative estimate of drug-likeness (QED) is 0.850. The van der Waals surface area contributed by atoms with Crippen LogP contribution in [0.4, 0.5) is 0 Å².